The average molecular weight is 269 g/mol. The minimum atomic E-state index is -1.03. The van der Waals surface area contributed by atoms with E-state index >= 15 is 0 Å². The summed E-state index contributed by atoms with van der Waals surface area (Å²) in [5.74, 6) is -1.03. The van der Waals surface area contributed by atoms with Crippen LogP contribution in [0.2, 0.25) is 5.02 Å². The van der Waals surface area contributed by atoms with Gasteiger partial charge in [0, 0.05) is 11.1 Å². The van der Waals surface area contributed by atoms with Crippen molar-refractivity contribution in [1.82, 2.24) is 4.98 Å². The molecule has 0 amide bonds. The molecule has 2 aromatic rings. The number of rotatable bonds is 4. The molecule has 0 bridgehead atoms. The predicted octanol–water partition coefficient (Wildman–Crippen LogP) is 3.11. The van der Waals surface area contributed by atoms with Crippen molar-refractivity contribution in [2.24, 2.45) is 0 Å². The Balaban J connectivity index is 2.11. The molecule has 1 heterocycles. The Kier molecular flexibility index (Phi) is 3.61. The lowest BCUT2D eigenvalue weighted by molar-refractivity contribution is 0.0697. The standard InChI is InChI=1S/C11H9ClN2O2S/c12-10-2-1-7(3-9(10)11(15)16)13-4-8-5-17-6-14-8/h1-3,5-6,13H,4H2,(H,15,16). The Morgan fingerprint density at radius 1 is 1.53 bits per heavy atom. The van der Waals surface area contributed by atoms with E-state index < -0.39 is 5.97 Å². The van der Waals surface area contributed by atoms with E-state index in [0.29, 0.717) is 12.2 Å². The maximum absolute atomic E-state index is 10.9. The van der Waals surface area contributed by atoms with E-state index in [0.717, 1.165) is 5.69 Å². The third-order valence-corrected chi connectivity index (χ3v) is 3.12. The molecule has 2 rings (SSSR count). The monoisotopic (exact) mass is 268 g/mol. The van der Waals surface area contributed by atoms with Crippen molar-refractivity contribution in [2.75, 3.05) is 5.32 Å². The first-order valence-corrected chi connectivity index (χ1v) is 6.12. The summed E-state index contributed by atoms with van der Waals surface area (Å²) >= 11 is 7.29. The number of thiazole rings is 1. The summed E-state index contributed by atoms with van der Waals surface area (Å²) in [4.78, 5) is 15.0. The number of hydrogen-bond donors (Lipinski definition) is 2. The number of benzene rings is 1. The lowest BCUT2D eigenvalue weighted by atomic mass is 10.2. The van der Waals surface area contributed by atoms with Gasteiger partial charge in [0.2, 0.25) is 0 Å². The summed E-state index contributed by atoms with van der Waals surface area (Å²) in [7, 11) is 0. The zero-order valence-electron chi connectivity index (χ0n) is 8.68. The van der Waals surface area contributed by atoms with Crippen LogP contribution in [0.1, 0.15) is 16.1 Å². The lowest BCUT2D eigenvalue weighted by Gasteiger charge is -2.06. The molecule has 0 aliphatic heterocycles. The van der Waals surface area contributed by atoms with Gasteiger partial charge in [-0.15, -0.1) is 11.3 Å². The average Bonchev–Trinajstić information content (AvgIpc) is 2.80. The second-order valence-corrected chi connectivity index (χ2v) is 4.46. The van der Waals surface area contributed by atoms with Crippen LogP contribution in [0.3, 0.4) is 0 Å². The number of aromatic nitrogens is 1. The lowest BCUT2D eigenvalue weighted by Crippen LogP contribution is -2.02. The minimum absolute atomic E-state index is 0.0925. The van der Waals surface area contributed by atoms with Crippen LogP contribution in [0.15, 0.2) is 29.1 Å². The first kappa shape index (κ1) is 11.9. The van der Waals surface area contributed by atoms with Gasteiger partial charge in [0.15, 0.2) is 0 Å². The van der Waals surface area contributed by atoms with Gasteiger partial charge in [-0.2, -0.15) is 0 Å². The Hall–Kier alpha value is -1.59. The van der Waals surface area contributed by atoms with Crippen LogP contribution in [0.25, 0.3) is 0 Å². The van der Waals surface area contributed by atoms with E-state index in [1.165, 1.54) is 17.4 Å². The number of hydrogen-bond acceptors (Lipinski definition) is 4. The Bertz CT molecular complexity index is 528. The number of anilines is 1. The van der Waals surface area contributed by atoms with Crippen LogP contribution in [-0.4, -0.2) is 16.1 Å². The summed E-state index contributed by atoms with van der Waals surface area (Å²) < 4.78 is 0. The van der Waals surface area contributed by atoms with Crippen LogP contribution in [0.4, 0.5) is 5.69 Å². The van der Waals surface area contributed by atoms with Gasteiger partial charge < -0.3 is 10.4 Å². The molecular weight excluding hydrogens is 260 g/mol. The molecule has 0 aliphatic rings. The molecule has 0 aliphatic carbocycles. The van der Waals surface area contributed by atoms with E-state index in [1.54, 1.807) is 17.6 Å². The Morgan fingerprint density at radius 2 is 2.35 bits per heavy atom. The Labute approximate surface area is 107 Å². The first-order chi connectivity index (χ1) is 8.16. The van der Waals surface area contributed by atoms with Crippen molar-refractivity contribution < 1.29 is 9.90 Å². The molecule has 17 heavy (non-hydrogen) atoms. The zero-order valence-corrected chi connectivity index (χ0v) is 10.3. The second kappa shape index (κ2) is 5.16. The molecule has 0 spiro atoms. The summed E-state index contributed by atoms with van der Waals surface area (Å²) in [5, 5.41) is 14.2. The zero-order chi connectivity index (χ0) is 12.3. The SMILES string of the molecule is O=C(O)c1cc(NCc2cscn2)ccc1Cl. The van der Waals surface area contributed by atoms with Gasteiger partial charge >= 0.3 is 5.97 Å². The highest BCUT2D eigenvalue weighted by molar-refractivity contribution is 7.07. The fraction of sp³-hybridized carbons (Fsp3) is 0.0909. The molecule has 0 atom stereocenters. The minimum Gasteiger partial charge on any atom is -0.478 e. The van der Waals surface area contributed by atoms with E-state index in [2.05, 4.69) is 10.3 Å². The molecule has 88 valence electrons. The van der Waals surface area contributed by atoms with Crippen molar-refractivity contribution in [3.05, 3.63) is 45.4 Å². The molecular formula is C11H9ClN2O2S. The number of halogens is 1. The first-order valence-electron chi connectivity index (χ1n) is 4.80. The van der Waals surface area contributed by atoms with Gasteiger partial charge in [0.05, 0.1) is 28.3 Å². The van der Waals surface area contributed by atoms with Crippen LogP contribution in [0, 0.1) is 0 Å². The van der Waals surface area contributed by atoms with Gasteiger partial charge in [0.1, 0.15) is 0 Å². The topological polar surface area (TPSA) is 62.2 Å². The Morgan fingerprint density at radius 3 is 3.00 bits per heavy atom. The normalized spacial score (nSPS) is 10.2. The van der Waals surface area contributed by atoms with Crippen LogP contribution >= 0.6 is 22.9 Å². The summed E-state index contributed by atoms with van der Waals surface area (Å²) in [6, 6.07) is 4.81. The van der Waals surface area contributed by atoms with E-state index in [4.69, 9.17) is 16.7 Å². The van der Waals surface area contributed by atoms with E-state index in [9.17, 15) is 4.79 Å². The third kappa shape index (κ3) is 2.95. The van der Waals surface area contributed by atoms with Crippen LogP contribution < -0.4 is 5.32 Å². The molecule has 0 saturated carbocycles. The number of carboxylic acids is 1. The molecule has 0 unspecified atom stereocenters. The van der Waals surface area contributed by atoms with Crippen LogP contribution in [-0.2, 0) is 6.54 Å². The molecule has 0 fully saturated rings. The number of aromatic carboxylic acids is 1. The number of carboxylic acid groups (broad SMARTS) is 1. The quantitative estimate of drug-likeness (QED) is 0.894. The van der Waals surface area contributed by atoms with Gasteiger partial charge in [-0.1, -0.05) is 11.6 Å². The van der Waals surface area contributed by atoms with E-state index in [-0.39, 0.29) is 10.6 Å². The van der Waals surface area contributed by atoms with E-state index in [1.807, 2.05) is 5.38 Å². The molecule has 4 nitrogen and oxygen atoms in total. The molecule has 2 N–H and O–H groups in total. The van der Waals surface area contributed by atoms with Gasteiger partial charge in [-0.05, 0) is 18.2 Å². The second-order valence-electron chi connectivity index (χ2n) is 3.33. The van der Waals surface area contributed by atoms with Crippen molar-refractivity contribution in [1.29, 1.82) is 0 Å². The van der Waals surface area contributed by atoms with Gasteiger partial charge in [-0.25, -0.2) is 9.78 Å². The highest BCUT2D eigenvalue weighted by atomic mass is 35.5. The highest BCUT2D eigenvalue weighted by Gasteiger charge is 2.09. The number of carbonyl (C=O) groups is 1. The molecule has 0 saturated heterocycles. The fourth-order valence-corrected chi connectivity index (χ4v) is 2.07. The highest BCUT2D eigenvalue weighted by Crippen LogP contribution is 2.21. The summed E-state index contributed by atoms with van der Waals surface area (Å²) in [6.45, 7) is 0.560. The number of nitrogens with zero attached hydrogens (tertiary/aromatic N) is 1. The van der Waals surface area contributed by atoms with Gasteiger partial charge in [-0.3, -0.25) is 0 Å². The van der Waals surface area contributed by atoms with Crippen molar-refractivity contribution >= 4 is 34.6 Å². The maximum atomic E-state index is 10.9. The fourth-order valence-electron chi connectivity index (χ4n) is 1.32. The molecule has 1 aromatic heterocycles. The number of nitrogens with one attached hydrogen (secondary N) is 1. The van der Waals surface area contributed by atoms with Crippen LogP contribution in [0.5, 0.6) is 0 Å². The predicted molar refractivity (Wildman–Crippen MR) is 67.9 cm³/mol. The van der Waals surface area contributed by atoms with Crippen molar-refractivity contribution in [3.8, 4) is 0 Å². The summed E-state index contributed by atoms with van der Waals surface area (Å²) in [5.41, 5.74) is 3.47. The smallest absolute Gasteiger partial charge is 0.337 e. The molecule has 0 radical (unpaired) electrons. The third-order valence-electron chi connectivity index (χ3n) is 2.15. The van der Waals surface area contributed by atoms with Gasteiger partial charge in [0.25, 0.3) is 0 Å². The largest absolute Gasteiger partial charge is 0.478 e. The molecule has 6 heteroatoms. The summed E-state index contributed by atoms with van der Waals surface area (Å²) in [6.07, 6.45) is 0. The van der Waals surface area contributed by atoms with Crippen molar-refractivity contribution in [2.45, 2.75) is 6.54 Å². The van der Waals surface area contributed by atoms with Crippen molar-refractivity contribution in [3.63, 3.8) is 0 Å². The molecule has 1 aromatic carbocycles. The maximum Gasteiger partial charge on any atom is 0.337 e.